The van der Waals surface area contributed by atoms with Crippen LogP contribution in [-0.2, 0) is 4.79 Å². The number of hydrogen-bond donors (Lipinski definition) is 1. The van der Waals surface area contributed by atoms with Crippen LogP contribution in [0.3, 0.4) is 0 Å². The molecular formula is C25H15Cl2N3O5. The second kappa shape index (κ2) is 7.37. The van der Waals surface area contributed by atoms with Gasteiger partial charge in [0.2, 0.25) is 0 Å². The Hall–Kier alpha value is -3.75. The van der Waals surface area contributed by atoms with Crippen molar-refractivity contribution in [3.05, 3.63) is 67.9 Å². The molecule has 0 fully saturated rings. The number of nitrogens with zero attached hydrogens (tertiary/aromatic N) is 3. The summed E-state index contributed by atoms with van der Waals surface area (Å²) in [4.78, 5) is 57.7. The van der Waals surface area contributed by atoms with Crippen LogP contribution < -0.4 is 5.56 Å². The molecule has 10 heteroatoms. The van der Waals surface area contributed by atoms with Crippen molar-refractivity contribution in [3.8, 4) is 0 Å². The first-order chi connectivity index (χ1) is 16.7. The Morgan fingerprint density at radius 2 is 1.60 bits per heavy atom. The molecule has 6 rings (SSSR count). The summed E-state index contributed by atoms with van der Waals surface area (Å²) in [6.45, 7) is 1.78. The molecule has 8 nitrogen and oxygen atoms in total. The Kier molecular flexibility index (Phi) is 4.58. The Balaban J connectivity index is 1.72. The number of aromatic nitrogens is 2. The summed E-state index contributed by atoms with van der Waals surface area (Å²) in [6, 6.07) is 8.09. The van der Waals surface area contributed by atoms with E-state index in [-0.39, 0.29) is 28.1 Å². The highest BCUT2D eigenvalue weighted by Gasteiger charge is 2.41. The molecule has 174 valence electrons. The van der Waals surface area contributed by atoms with E-state index in [1.807, 2.05) is 0 Å². The van der Waals surface area contributed by atoms with Gasteiger partial charge in [-0.25, -0.2) is 9.78 Å². The molecule has 3 aromatic carbocycles. The smallest absolute Gasteiger partial charge is 0.326 e. The highest BCUT2D eigenvalue weighted by molar-refractivity contribution is 6.42. The number of carboxylic acid groups (broad SMARTS) is 1. The molecular weight excluding hydrogens is 493 g/mol. The van der Waals surface area contributed by atoms with Gasteiger partial charge in [0.05, 0.1) is 21.1 Å². The standard InChI is InChI=1S/C25H15Cl2N3O5/c1-2-3-17(25(34)35)30-23(32)12-5-4-10-19-11(6-7-13(20(12)19)24(30)33)22(31)29-18-9-15(27)14(26)8-16(18)28-21(10)29/h4-9,17H,2-3H2,1H3,(H,34,35). The van der Waals surface area contributed by atoms with Gasteiger partial charge in [-0.15, -0.1) is 0 Å². The van der Waals surface area contributed by atoms with Crippen LogP contribution in [0.1, 0.15) is 40.5 Å². The van der Waals surface area contributed by atoms with Crippen molar-refractivity contribution in [2.24, 2.45) is 0 Å². The first kappa shape index (κ1) is 21.8. The van der Waals surface area contributed by atoms with E-state index in [9.17, 15) is 24.3 Å². The Labute approximate surface area is 206 Å². The lowest BCUT2D eigenvalue weighted by atomic mass is 9.89. The first-order valence-corrected chi connectivity index (χ1v) is 11.6. The fourth-order valence-corrected chi connectivity index (χ4v) is 5.38. The van der Waals surface area contributed by atoms with E-state index in [1.165, 1.54) is 16.5 Å². The number of rotatable bonds is 4. The summed E-state index contributed by atoms with van der Waals surface area (Å²) >= 11 is 12.3. The molecule has 3 heterocycles. The Bertz CT molecular complexity index is 1820. The van der Waals surface area contributed by atoms with E-state index in [2.05, 4.69) is 4.98 Å². The quantitative estimate of drug-likeness (QED) is 0.351. The monoisotopic (exact) mass is 507 g/mol. The van der Waals surface area contributed by atoms with E-state index >= 15 is 0 Å². The van der Waals surface area contributed by atoms with E-state index in [4.69, 9.17) is 23.2 Å². The number of carboxylic acids is 1. The topological polar surface area (TPSA) is 109 Å². The molecule has 1 aliphatic rings. The number of carbonyl (C=O) groups excluding carboxylic acids is 2. The van der Waals surface area contributed by atoms with Crippen molar-refractivity contribution in [1.82, 2.24) is 14.3 Å². The lowest BCUT2D eigenvalue weighted by Gasteiger charge is -2.31. The molecule has 0 aliphatic carbocycles. The molecule has 1 N–H and O–H groups in total. The van der Waals surface area contributed by atoms with Gasteiger partial charge in [0, 0.05) is 32.7 Å². The van der Waals surface area contributed by atoms with Crippen LogP contribution in [0.5, 0.6) is 0 Å². The van der Waals surface area contributed by atoms with Crippen molar-refractivity contribution < 1.29 is 19.5 Å². The van der Waals surface area contributed by atoms with Crippen molar-refractivity contribution in [2.45, 2.75) is 25.8 Å². The number of amides is 2. The number of fused-ring (bicyclic) bond motifs is 4. The number of benzene rings is 3. The maximum atomic E-state index is 13.6. The second-order valence-corrected chi connectivity index (χ2v) is 9.34. The summed E-state index contributed by atoms with van der Waals surface area (Å²) in [5, 5.41) is 11.9. The van der Waals surface area contributed by atoms with Crippen LogP contribution in [0.15, 0.2) is 41.2 Å². The van der Waals surface area contributed by atoms with Crippen LogP contribution >= 0.6 is 23.2 Å². The minimum atomic E-state index is -1.28. The summed E-state index contributed by atoms with van der Waals surface area (Å²) in [5.74, 6) is -2.64. The number of carbonyl (C=O) groups is 3. The maximum Gasteiger partial charge on any atom is 0.326 e. The lowest BCUT2D eigenvalue weighted by Crippen LogP contribution is -2.50. The first-order valence-electron chi connectivity index (χ1n) is 10.9. The molecule has 1 unspecified atom stereocenters. The van der Waals surface area contributed by atoms with Crippen LogP contribution in [0.4, 0.5) is 0 Å². The van der Waals surface area contributed by atoms with Crippen molar-refractivity contribution in [3.63, 3.8) is 0 Å². The molecule has 0 saturated carbocycles. The highest BCUT2D eigenvalue weighted by atomic mass is 35.5. The number of pyridine rings is 1. The summed E-state index contributed by atoms with van der Waals surface area (Å²) < 4.78 is 1.44. The average Bonchev–Trinajstić information content (AvgIpc) is 3.19. The van der Waals surface area contributed by atoms with E-state index < -0.39 is 23.8 Å². The lowest BCUT2D eigenvalue weighted by molar-refractivity contribution is -0.141. The largest absolute Gasteiger partial charge is 0.480 e. The van der Waals surface area contributed by atoms with Gasteiger partial charge in [-0.2, -0.15) is 0 Å². The SMILES string of the molecule is CCCC(C(=O)O)N1C(=O)c2ccc3c(=O)n4c5cc(Cl)c(Cl)cc5nc4c4ccc(c2c34)C1=O. The minimum absolute atomic E-state index is 0.134. The normalized spacial score (nSPS) is 14.7. The van der Waals surface area contributed by atoms with Crippen LogP contribution in [0.2, 0.25) is 10.0 Å². The van der Waals surface area contributed by atoms with Gasteiger partial charge in [0.25, 0.3) is 17.4 Å². The maximum absolute atomic E-state index is 13.6. The van der Waals surface area contributed by atoms with Crippen molar-refractivity contribution in [1.29, 1.82) is 0 Å². The van der Waals surface area contributed by atoms with Crippen LogP contribution in [0.25, 0.3) is 38.2 Å². The predicted molar refractivity (Wildman–Crippen MR) is 132 cm³/mol. The van der Waals surface area contributed by atoms with Gasteiger partial charge in [-0.3, -0.25) is 23.7 Å². The molecule has 0 saturated heterocycles. The van der Waals surface area contributed by atoms with Crippen LogP contribution in [-0.4, -0.2) is 43.2 Å². The highest BCUT2D eigenvalue weighted by Crippen LogP contribution is 2.38. The van der Waals surface area contributed by atoms with Gasteiger partial charge >= 0.3 is 5.97 Å². The van der Waals surface area contributed by atoms with E-state index in [0.29, 0.717) is 49.7 Å². The van der Waals surface area contributed by atoms with Crippen molar-refractivity contribution in [2.75, 3.05) is 0 Å². The number of aliphatic carboxylic acids is 1. The fraction of sp³-hybridized carbons (Fsp3) is 0.160. The molecule has 2 aromatic heterocycles. The number of imidazole rings is 1. The zero-order valence-corrected chi connectivity index (χ0v) is 19.6. The molecule has 5 aromatic rings. The van der Waals surface area contributed by atoms with Gasteiger partial charge in [0.15, 0.2) is 0 Å². The van der Waals surface area contributed by atoms with Crippen LogP contribution in [0, 0.1) is 0 Å². The average molecular weight is 508 g/mol. The third-order valence-corrected chi connectivity index (χ3v) is 7.31. The van der Waals surface area contributed by atoms with Gasteiger partial charge in [0.1, 0.15) is 11.7 Å². The third kappa shape index (κ3) is 2.78. The van der Waals surface area contributed by atoms with Gasteiger partial charge in [-0.05, 0) is 42.8 Å². The zero-order valence-electron chi connectivity index (χ0n) is 18.1. The Morgan fingerprint density at radius 1 is 0.971 bits per heavy atom. The Morgan fingerprint density at radius 3 is 2.23 bits per heavy atom. The fourth-order valence-electron chi connectivity index (χ4n) is 5.07. The molecule has 1 atom stereocenters. The molecule has 2 amide bonds. The minimum Gasteiger partial charge on any atom is -0.480 e. The number of halogens is 2. The second-order valence-electron chi connectivity index (χ2n) is 8.53. The zero-order chi connectivity index (χ0) is 24.8. The summed E-state index contributed by atoms with van der Waals surface area (Å²) in [5.41, 5.74) is 1.27. The molecule has 35 heavy (non-hydrogen) atoms. The number of imide groups is 1. The van der Waals surface area contributed by atoms with E-state index in [0.717, 1.165) is 4.90 Å². The predicted octanol–water partition coefficient (Wildman–Crippen LogP) is 4.75. The molecule has 0 radical (unpaired) electrons. The molecule has 1 aliphatic heterocycles. The molecule has 0 bridgehead atoms. The molecule has 0 spiro atoms. The van der Waals surface area contributed by atoms with Gasteiger partial charge < -0.3 is 5.11 Å². The number of hydrogen-bond acceptors (Lipinski definition) is 5. The van der Waals surface area contributed by atoms with Crippen molar-refractivity contribution >= 4 is 79.2 Å². The third-order valence-electron chi connectivity index (χ3n) is 6.59. The van der Waals surface area contributed by atoms with E-state index in [1.54, 1.807) is 31.2 Å². The summed E-state index contributed by atoms with van der Waals surface area (Å²) in [7, 11) is 0. The van der Waals surface area contributed by atoms with Gasteiger partial charge in [-0.1, -0.05) is 36.5 Å². The summed E-state index contributed by atoms with van der Waals surface area (Å²) in [6.07, 6.45) is 0.613.